The Kier molecular flexibility index (Phi) is 6.25. The van der Waals surface area contributed by atoms with Gasteiger partial charge in [-0.2, -0.15) is 4.31 Å². The van der Waals surface area contributed by atoms with Gasteiger partial charge in [-0.3, -0.25) is 4.79 Å². The summed E-state index contributed by atoms with van der Waals surface area (Å²) in [6, 6.07) is 18.2. The van der Waals surface area contributed by atoms with Crippen molar-refractivity contribution < 1.29 is 26.4 Å². The number of sulfonamides is 1. The van der Waals surface area contributed by atoms with E-state index in [-0.39, 0.29) is 35.2 Å². The minimum absolute atomic E-state index is 0.152. The summed E-state index contributed by atoms with van der Waals surface area (Å²) in [5.74, 6) is -0.943. The summed E-state index contributed by atoms with van der Waals surface area (Å²) in [7, 11) is -4.04. The molecule has 1 aromatic heterocycles. The predicted octanol–water partition coefficient (Wildman–Crippen LogP) is 5.73. The van der Waals surface area contributed by atoms with Crippen molar-refractivity contribution in [1.29, 1.82) is 0 Å². The number of ketones is 1. The van der Waals surface area contributed by atoms with E-state index >= 15 is 0 Å². The Morgan fingerprint density at radius 2 is 1.71 bits per heavy atom. The van der Waals surface area contributed by atoms with Crippen molar-refractivity contribution in [1.82, 2.24) is 4.31 Å². The number of hydrogen-bond acceptors (Lipinski definition) is 4. The number of aryl methyl sites for hydroxylation is 1. The summed E-state index contributed by atoms with van der Waals surface area (Å²) < 4.78 is 60.0. The van der Waals surface area contributed by atoms with Gasteiger partial charge in [0.15, 0.2) is 5.78 Å². The van der Waals surface area contributed by atoms with Gasteiger partial charge in [0.2, 0.25) is 5.09 Å². The Bertz CT molecular complexity index is 1500. The molecule has 0 N–H and O–H groups in total. The molecule has 0 bridgehead atoms. The number of halogens is 2. The lowest BCUT2D eigenvalue weighted by Crippen LogP contribution is -2.40. The summed E-state index contributed by atoms with van der Waals surface area (Å²) in [6.45, 7) is 0.226. The first kappa shape index (κ1) is 23.4. The first-order chi connectivity index (χ1) is 16.8. The number of benzene rings is 3. The summed E-state index contributed by atoms with van der Waals surface area (Å²) in [5.41, 5.74) is 3.00. The molecule has 1 saturated heterocycles. The molecule has 5 rings (SSSR count). The average Bonchev–Trinajstić information content (AvgIpc) is 3.51. The highest BCUT2D eigenvalue weighted by molar-refractivity contribution is 7.89. The highest BCUT2D eigenvalue weighted by Gasteiger charge is 2.40. The van der Waals surface area contributed by atoms with Crippen molar-refractivity contribution in [2.24, 2.45) is 0 Å². The molecule has 3 aromatic carbocycles. The lowest BCUT2D eigenvalue weighted by molar-refractivity contribution is -0.122. The molecule has 2 heterocycles. The molecular weight excluding hydrogens is 472 g/mol. The second-order valence-corrected chi connectivity index (χ2v) is 10.5. The summed E-state index contributed by atoms with van der Waals surface area (Å²) >= 11 is 0. The van der Waals surface area contributed by atoms with Crippen molar-refractivity contribution in [2.45, 2.75) is 36.8 Å². The van der Waals surface area contributed by atoms with E-state index in [1.807, 2.05) is 24.3 Å². The zero-order valence-electron chi connectivity index (χ0n) is 18.8. The molecule has 8 heteroatoms. The number of carbonyl (C=O) groups excluding carboxylic acids is 1. The van der Waals surface area contributed by atoms with Gasteiger partial charge in [-0.05, 0) is 66.3 Å². The van der Waals surface area contributed by atoms with Gasteiger partial charge in [0.1, 0.15) is 17.2 Å². The van der Waals surface area contributed by atoms with Gasteiger partial charge in [0.05, 0.1) is 6.04 Å². The second kappa shape index (κ2) is 9.36. The number of furan rings is 1. The van der Waals surface area contributed by atoms with Gasteiger partial charge in [-0.1, -0.05) is 36.4 Å². The number of hydrogen-bond donors (Lipinski definition) is 0. The van der Waals surface area contributed by atoms with Gasteiger partial charge in [-0.15, -0.1) is 0 Å². The first-order valence-electron chi connectivity index (χ1n) is 11.4. The smallest absolute Gasteiger partial charge is 0.277 e. The third-order valence-corrected chi connectivity index (χ3v) is 8.12. The number of nitrogens with zero attached hydrogens (tertiary/aromatic N) is 1. The van der Waals surface area contributed by atoms with Crippen LogP contribution in [0.3, 0.4) is 0 Å². The Morgan fingerprint density at radius 3 is 2.51 bits per heavy atom. The minimum Gasteiger partial charge on any atom is -0.443 e. The number of fused-ring (bicyclic) bond motifs is 1. The van der Waals surface area contributed by atoms with Crippen LogP contribution in [0, 0.1) is 11.6 Å². The monoisotopic (exact) mass is 495 g/mol. The molecule has 0 saturated carbocycles. The van der Waals surface area contributed by atoms with Crippen LogP contribution in [0.2, 0.25) is 0 Å². The average molecular weight is 496 g/mol. The maximum Gasteiger partial charge on any atom is 0.277 e. The number of Topliss-reactive ketones (excluding diaryl/α,β-unsaturated/α-hetero) is 1. The van der Waals surface area contributed by atoms with Gasteiger partial charge in [-0.25, -0.2) is 17.2 Å². The molecule has 0 spiro atoms. The molecule has 1 atom stereocenters. The molecule has 0 unspecified atom stereocenters. The molecule has 1 aliphatic heterocycles. The predicted molar refractivity (Wildman–Crippen MR) is 128 cm³/mol. The quantitative estimate of drug-likeness (QED) is 0.328. The third kappa shape index (κ3) is 4.76. The van der Waals surface area contributed by atoms with Crippen LogP contribution in [0.4, 0.5) is 8.78 Å². The lowest BCUT2D eigenvalue weighted by atomic mass is 9.98. The van der Waals surface area contributed by atoms with Gasteiger partial charge < -0.3 is 4.42 Å². The van der Waals surface area contributed by atoms with Crippen LogP contribution in [0.25, 0.3) is 22.1 Å². The maximum atomic E-state index is 13.5. The third-order valence-electron chi connectivity index (χ3n) is 6.36. The SMILES string of the molecule is O=C(CCc1cccc(-c2ccc(F)cc2)c1)[C@@H]1CCCN1S(=O)(=O)c1cc2cc(F)ccc2o1. The van der Waals surface area contributed by atoms with E-state index in [1.165, 1.54) is 40.7 Å². The van der Waals surface area contributed by atoms with Gasteiger partial charge in [0, 0.05) is 24.4 Å². The lowest BCUT2D eigenvalue weighted by Gasteiger charge is -2.21. The molecule has 0 aliphatic carbocycles. The molecule has 1 fully saturated rings. The van der Waals surface area contributed by atoms with Crippen molar-refractivity contribution in [3.63, 3.8) is 0 Å². The van der Waals surface area contributed by atoms with E-state index in [4.69, 9.17) is 4.42 Å². The summed E-state index contributed by atoms with van der Waals surface area (Å²) in [6.07, 6.45) is 1.67. The Hall–Kier alpha value is -3.36. The highest BCUT2D eigenvalue weighted by atomic mass is 32.2. The molecule has 0 radical (unpaired) electrons. The second-order valence-electron chi connectivity index (χ2n) is 8.69. The van der Waals surface area contributed by atoms with E-state index in [1.54, 1.807) is 12.1 Å². The molecule has 0 amide bonds. The minimum atomic E-state index is -4.04. The fraction of sp³-hybridized carbons (Fsp3) is 0.222. The molecule has 1 aliphatic rings. The van der Waals surface area contributed by atoms with Crippen molar-refractivity contribution in [3.05, 3.63) is 90.0 Å². The standard InChI is InChI=1S/C27H23F2NO4S/c28-22-9-7-19(8-10-22)20-4-1-3-18(15-20)6-12-25(31)24-5-2-14-30(24)35(32,33)27-17-21-16-23(29)11-13-26(21)34-27/h1,3-4,7-11,13,15-17,24H,2,5-6,12,14H2/t24-/m0/s1. The van der Waals surface area contributed by atoms with E-state index in [0.29, 0.717) is 24.6 Å². The topological polar surface area (TPSA) is 67.6 Å². The molecular formula is C27H23F2NO4S. The fourth-order valence-electron chi connectivity index (χ4n) is 4.57. The number of carbonyl (C=O) groups is 1. The Morgan fingerprint density at radius 1 is 0.943 bits per heavy atom. The number of rotatable bonds is 7. The van der Waals surface area contributed by atoms with Crippen LogP contribution in [0.15, 0.2) is 82.3 Å². The van der Waals surface area contributed by atoms with Crippen LogP contribution in [0.5, 0.6) is 0 Å². The summed E-state index contributed by atoms with van der Waals surface area (Å²) in [5, 5.41) is 0.0662. The van der Waals surface area contributed by atoms with Gasteiger partial charge >= 0.3 is 0 Å². The van der Waals surface area contributed by atoms with Crippen LogP contribution >= 0.6 is 0 Å². The van der Waals surface area contributed by atoms with E-state index in [2.05, 4.69) is 0 Å². The van der Waals surface area contributed by atoms with Gasteiger partial charge in [0.25, 0.3) is 10.0 Å². The molecule has 4 aromatic rings. The van der Waals surface area contributed by atoms with Crippen LogP contribution < -0.4 is 0 Å². The Labute approximate surface area is 202 Å². The van der Waals surface area contributed by atoms with E-state index in [0.717, 1.165) is 16.7 Å². The molecule has 5 nitrogen and oxygen atoms in total. The molecule has 35 heavy (non-hydrogen) atoms. The normalized spacial score (nSPS) is 16.7. The van der Waals surface area contributed by atoms with Crippen LogP contribution in [0.1, 0.15) is 24.8 Å². The van der Waals surface area contributed by atoms with Crippen LogP contribution in [-0.2, 0) is 21.2 Å². The van der Waals surface area contributed by atoms with E-state index in [9.17, 15) is 22.0 Å². The van der Waals surface area contributed by atoms with E-state index < -0.39 is 21.9 Å². The molecule has 180 valence electrons. The zero-order chi connectivity index (χ0) is 24.6. The van der Waals surface area contributed by atoms with Crippen molar-refractivity contribution in [2.75, 3.05) is 6.54 Å². The van der Waals surface area contributed by atoms with Crippen molar-refractivity contribution >= 4 is 26.8 Å². The maximum absolute atomic E-state index is 13.5. The first-order valence-corrected chi connectivity index (χ1v) is 12.8. The van der Waals surface area contributed by atoms with Crippen LogP contribution in [-0.4, -0.2) is 31.1 Å². The fourth-order valence-corrected chi connectivity index (χ4v) is 6.19. The zero-order valence-corrected chi connectivity index (χ0v) is 19.6. The highest BCUT2D eigenvalue weighted by Crippen LogP contribution is 2.31. The largest absolute Gasteiger partial charge is 0.443 e. The Balaban J connectivity index is 1.30. The summed E-state index contributed by atoms with van der Waals surface area (Å²) in [4.78, 5) is 13.1. The van der Waals surface area contributed by atoms with Crippen molar-refractivity contribution in [3.8, 4) is 11.1 Å².